The van der Waals surface area contributed by atoms with E-state index in [1.54, 1.807) is 17.2 Å². The number of rotatable bonds is 6. The quantitative estimate of drug-likeness (QED) is 0.500. The van der Waals surface area contributed by atoms with Crippen molar-refractivity contribution >= 4 is 23.6 Å². The number of hydrogen-bond acceptors (Lipinski definition) is 7. The first kappa shape index (κ1) is 23.6. The van der Waals surface area contributed by atoms with Gasteiger partial charge in [-0.2, -0.15) is 0 Å². The Bertz CT molecular complexity index is 997. The molecule has 2 amide bonds. The number of halogens is 2. The van der Waals surface area contributed by atoms with Gasteiger partial charge in [0.05, 0.1) is 42.6 Å². The Morgan fingerprint density at radius 1 is 1.39 bits per heavy atom. The second-order valence-electron chi connectivity index (χ2n) is 8.24. The van der Waals surface area contributed by atoms with Gasteiger partial charge in [0, 0.05) is 25.4 Å². The Balaban J connectivity index is 1.40. The van der Waals surface area contributed by atoms with E-state index in [2.05, 4.69) is 20.6 Å². The van der Waals surface area contributed by atoms with Crippen LogP contribution < -0.4 is 10.6 Å². The van der Waals surface area contributed by atoms with Gasteiger partial charge in [-0.3, -0.25) is 0 Å². The minimum absolute atomic E-state index is 0.0221. The third kappa shape index (κ3) is 5.70. The molecule has 11 heteroatoms. The molecule has 3 unspecified atom stereocenters. The molecule has 3 atom stereocenters. The maximum Gasteiger partial charge on any atom is 0.318 e. The second kappa shape index (κ2) is 10.6. The smallest absolute Gasteiger partial charge is 0.318 e. The van der Waals surface area contributed by atoms with Crippen LogP contribution in [-0.4, -0.2) is 69.6 Å². The van der Waals surface area contributed by atoms with Crippen LogP contribution in [0.4, 0.5) is 15.1 Å². The number of anilines is 1. The summed E-state index contributed by atoms with van der Waals surface area (Å²) in [5.41, 5.74) is 2.15. The van der Waals surface area contributed by atoms with Crippen LogP contribution in [0, 0.1) is 5.82 Å². The predicted octanol–water partition coefficient (Wildman–Crippen LogP) is 2.02. The molecule has 1 aromatic heterocycles. The summed E-state index contributed by atoms with van der Waals surface area (Å²) in [6.45, 7) is 0.919. The van der Waals surface area contributed by atoms with Gasteiger partial charge in [0.1, 0.15) is 5.82 Å². The highest BCUT2D eigenvalue weighted by atomic mass is 35.5. The molecule has 0 saturated carbocycles. The zero-order chi connectivity index (χ0) is 23.4. The molecule has 33 heavy (non-hydrogen) atoms. The molecule has 0 radical (unpaired) electrons. The Hall–Kier alpha value is -2.53. The maximum absolute atomic E-state index is 13.8. The van der Waals surface area contributed by atoms with Crippen molar-refractivity contribution < 1.29 is 24.1 Å². The van der Waals surface area contributed by atoms with E-state index >= 15 is 0 Å². The summed E-state index contributed by atoms with van der Waals surface area (Å²) in [7, 11) is 0. The molecule has 2 aromatic rings. The van der Waals surface area contributed by atoms with Crippen LogP contribution in [0.3, 0.4) is 0 Å². The minimum atomic E-state index is -0.763. The summed E-state index contributed by atoms with van der Waals surface area (Å²) in [5.74, 6) is -0.134. The molecule has 0 aliphatic carbocycles. The van der Waals surface area contributed by atoms with Gasteiger partial charge in [-0.1, -0.05) is 17.7 Å². The number of carbonyl (C=O) groups is 1. The summed E-state index contributed by atoms with van der Waals surface area (Å²) in [6, 6.07) is 3.13. The molecule has 4 N–H and O–H groups in total. The van der Waals surface area contributed by atoms with Crippen LogP contribution in [0.2, 0.25) is 5.02 Å². The minimum Gasteiger partial charge on any atom is -0.394 e. The summed E-state index contributed by atoms with van der Waals surface area (Å²) < 4.78 is 19.3. The number of urea groups is 1. The Morgan fingerprint density at radius 3 is 3.00 bits per heavy atom. The number of nitrogens with one attached hydrogen (secondary N) is 2. The lowest BCUT2D eigenvalue weighted by Gasteiger charge is -2.31. The standard InChI is InChI=1S/C22H27ClFN5O4/c23-17-2-1-13(7-18(17)24)20(12-31)28-22(32)29-5-3-14-9-25-21(27-19(14)10-29)26-15-4-6-33-16(8-15)11-30/h1-2,7,9,15-16,20,30-31H,3-6,8,10-12H2,(H,28,32)(H,25,26,27). The molecule has 0 spiro atoms. The van der Waals surface area contributed by atoms with E-state index in [1.807, 2.05) is 0 Å². The van der Waals surface area contributed by atoms with Gasteiger partial charge in [-0.15, -0.1) is 0 Å². The van der Waals surface area contributed by atoms with Crippen LogP contribution >= 0.6 is 11.6 Å². The molecule has 1 saturated heterocycles. The van der Waals surface area contributed by atoms with E-state index in [9.17, 15) is 19.4 Å². The van der Waals surface area contributed by atoms with E-state index in [4.69, 9.17) is 16.3 Å². The van der Waals surface area contributed by atoms with E-state index < -0.39 is 11.9 Å². The third-order valence-corrected chi connectivity index (χ3v) is 6.27. The van der Waals surface area contributed by atoms with E-state index in [0.717, 1.165) is 17.7 Å². The van der Waals surface area contributed by atoms with E-state index in [-0.39, 0.29) is 36.4 Å². The van der Waals surface area contributed by atoms with Crippen molar-refractivity contribution in [1.82, 2.24) is 20.2 Å². The van der Waals surface area contributed by atoms with Gasteiger partial charge in [-0.05, 0) is 42.5 Å². The summed E-state index contributed by atoms with van der Waals surface area (Å²) >= 11 is 5.73. The molecule has 1 aromatic carbocycles. The first-order chi connectivity index (χ1) is 16.0. The number of nitrogens with zero attached hydrogens (tertiary/aromatic N) is 3. The van der Waals surface area contributed by atoms with Crippen LogP contribution in [0.1, 0.15) is 35.7 Å². The van der Waals surface area contributed by atoms with Gasteiger partial charge in [0.25, 0.3) is 0 Å². The average molecular weight is 480 g/mol. The van der Waals surface area contributed by atoms with Crippen molar-refractivity contribution in [1.29, 1.82) is 0 Å². The molecule has 9 nitrogen and oxygen atoms in total. The van der Waals surface area contributed by atoms with Crippen molar-refractivity contribution in [3.63, 3.8) is 0 Å². The molecule has 0 bridgehead atoms. The van der Waals surface area contributed by atoms with Crippen molar-refractivity contribution in [3.8, 4) is 0 Å². The topological polar surface area (TPSA) is 120 Å². The van der Waals surface area contributed by atoms with Crippen LogP contribution in [-0.2, 0) is 17.7 Å². The first-order valence-electron chi connectivity index (χ1n) is 10.9. The van der Waals surface area contributed by atoms with Crippen LogP contribution in [0.5, 0.6) is 0 Å². The Morgan fingerprint density at radius 2 is 2.24 bits per heavy atom. The Kier molecular flexibility index (Phi) is 7.59. The number of fused-ring (bicyclic) bond motifs is 1. The van der Waals surface area contributed by atoms with Gasteiger partial charge >= 0.3 is 6.03 Å². The average Bonchev–Trinajstić information content (AvgIpc) is 2.83. The third-order valence-electron chi connectivity index (χ3n) is 5.96. The van der Waals surface area contributed by atoms with Crippen molar-refractivity contribution in [2.24, 2.45) is 0 Å². The van der Waals surface area contributed by atoms with Crippen LogP contribution in [0.25, 0.3) is 0 Å². The van der Waals surface area contributed by atoms with Gasteiger partial charge in [0.2, 0.25) is 5.95 Å². The normalized spacial score (nSPS) is 21.3. The fourth-order valence-electron chi connectivity index (χ4n) is 4.07. The number of aromatic nitrogens is 2. The molecule has 1 fully saturated rings. The van der Waals surface area contributed by atoms with Crippen molar-refractivity contribution in [2.45, 2.75) is 44.0 Å². The van der Waals surface area contributed by atoms with Crippen molar-refractivity contribution in [3.05, 3.63) is 52.1 Å². The van der Waals surface area contributed by atoms with Crippen LogP contribution in [0.15, 0.2) is 24.4 Å². The molecular formula is C22H27ClFN5O4. The number of amides is 2. The van der Waals surface area contributed by atoms with Gasteiger partial charge in [0.15, 0.2) is 0 Å². The van der Waals surface area contributed by atoms with E-state index in [0.29, 0.717) is 44.0 Å². The number of benzene rings is 1. The van der Waals surface area contributed by atoms with Crippen molar-refractivity contribution in [2.75, 3.05) is 31.7 Å². The number of hydrogen-bond donors (Lipinski definition) is 4. The summed E-state index contributed by atoms with van der Waals surface area (Å²) in [5, 5.41) is 25.1. The number of ether oxygens (including phenoxy) is 1. The monoisotopic (exact) mass is 479 g/mol. The molecule has 178 valence electrons. The summed E-state index contributed by atoms with van der Waals surface area (Å²) in [6.07, 6.45) is 3.64. The second-order valence-corrected chi connectivity index (χ2v) is 8.64. The molecule has 2 aliphatic rings. The summed E-state index contributed by atoms with van der Waals surface area (Å²) in [4.78, 5) is 23.5. The highest BCUT2D eigenvalue weighted by Gasteiger charge is 2.26. The number of carbonyl (C=O) groups excluding carboxylic acids is 1. The van der Waals surface area contributed by atoms with Gasteiger partial charge < -0.3 is 30.5 Å². The largest absolute Gasteiger partial charge is 0.394 e. The molecule has 3 heterocycles. The number of aliphatic hydroxyl groups excluding tert-OH is 2. The predicted molar refractivity (Wildman–Crippen MR) is 119 cm³/mol. The fraction of sp³-hybridized carbons (Fsp3) is 0.500. The molecule has 4 rings (SSSR count). The fourth-order valence-corrected chi connectivity index (χ4v) is 4.19. The highest BCUT2D eigenvalue weighted by molar-refractivity contribution is 6.30. The molecule has 2 aliphatic heterocycles. The number of aliphatic hydroxyl groups is 2. The van der Waals surface area contributed by atoms with Gasteiger partial charge in [-0.25, -0.2) is 19.2 Å². The highest BCUT2D eigenvalue weighted by Crippen LogP contribution is 2.23. The Labute approximate surface area is 195 Å². The lowest BCUT2D eigenvalue weighted by molar-refractivity contribution is -0.0213. The maximum atomic E-state index is 13.8. The lowest BCUT2D eigenvalue weighted by atomic mass is 10.0. The molecular weight excluding hydrogens is 453 g/mol. The lowest BCUT2D eigenvalue weighted by Crippen LogP contribution is -2.45. The zero-order valence-corrected chi connectivity index (χ0v) is 18.8. The SMILES string of the molecule is O=C(NC(CO)c1ccc(Cl)c(F)c1)N1CCc2cnc(NC3CCOC(CO)C3)nc2C1. The zero-order valence-electron chi connectivity index (χ0n) is 18.0. The van der Waals surface area contributed by atoms with E-state index in [1.165, 1.54) is 12.1 Å². The first-order valence-corrected chi connectivity index (χ1v) is 11.3.